The average molecular weight is 752 g/mol. The summed E-state index contributed by atoms with van der Waals surface area (Å²) in [5.41, 5.74) is -11.3. The third kappa shape index (κ3) is 27.5. The van der Waals surface area contributed by atoms with Crippen molar-refractivity contribution in [1.29, 1.82) is 5.26 Å². The summed E-state index contributed by atoms with van der Waals surface area (Å²) >= 11 is 0. The van der Waals surface area contributed by atoms with Gasteiger partial charge >= 0.3 is 30.8 Å². The van der Waals surface area contributed by atoms with E-state index in [1.807, 2.05) is 0 Å². The second-order valence-corrected chi connectivity index (χ2v) is 8.13. The van der Waals surface area contributed by atoms with Crippen LogP contribution in [0, 0.1) is 17.2 Å². The first-order valence-electron chi connectivity index (χ1n) is 7.69. The molecule has 13 nitrogen and oxygen atoms in total. The van der Waals surface area contributed by atoms with E-state index < -0.39 is 31.3 Å². The van der Waals surface area contributed by atoms with Crippen LogP contribution in [0.3, 0.4) is 0 Å². The van der Waals surface area contributed by atoms with Gasteiger partial charge in [0.05, 0.1) is 6.07 Å². The zero-order valence-electron chi connectivity index (χ0n) is 18.7. The van der Waals surface area contributed by atoms with E-state index in [1.54, 1.807) is 0 Å². The van der Waals surface area contributed by atoms with Crippen LogP contribution in [0.4, 0.5) is 26.3 Å². The van der Waals surface area contributed by atoms with Gasteiger partial charge in [-0.3, -0.25) is 0 Å². The molecule has 2 atom stereocenters. The summed E-state index contributed by atoms with van der Waals surface area (Å²) in [5.74, 6) is 0.648. The Hall–Kier alpha value is -0.974. The number of hydrogen-bond acceptors (Lipinski definition) is 13. The third-order valence-corrected chi connectivity index (χ3v) is 4.26. The van der Waals surface area contributed by atoms with Gasteiger partial charge in [0.25, 0.3) is 0 Å². The van der Waals surface area contributed by atoms with Crippen molar-refractivity contribution >= 4 is 20.2 Å². The Morgan fingerprint density at radius 3 is 1.43 bits per heavy atom. The molecule has 22 heteroatoms. The van der Waals surface area contributed by atoms with Crippen molar-refractivity contribution in [2.75, 3.05) is 6.54 Å². The molecule has 0 aliphatic heterocycles. The first-order chi connectivity index (χ1) is 12.9. The van der Waals surface area contributed by atoms with E-state index in [9.17, 15) is 26.3 Å². The quantitative estimate of drug-likeness (QED) is 0.104. The van der Waals surface area contributed by atoms with Gasteiger partial charge in [-0.1, -0.05) is 19.1 Å². The van der Waals surface area contributed by atoms with E-state index in [1.165, 1.54) is 12.8 Å². The van der Waals surface area contributed by atoms with Crippen LogP contribution in [0.25, 0.3) is 0 Å². The Kier molecular flexibility index (Phi) is 36.7. The maximum Gasteiger partial charge on any atom is 2.00 e. The molecule has 0 bridgehead atoms. The second kappa shape index (κ2) is 23.4. The molecule has 1 aliphatic rings. The molecule has 0 aromatic carbocycles. The number of hydrogen-bond donors (Lipinski definition) is 6. The Balaban J connectivity index is -0.0000000499. The molecule has 0 unspecified atom stereocenters. The Morgan fingerprint density at radius 1 is 0.886 bits per heavy atom. The predicted octanol–water partition coefficient (Wildman–Crippen LogP) is 3.14. The summed E-state index contributed by atoms with van der Waals surface area (Å²) in [6, 6.07) is 2.77. The van der Waals surface area contributed by atoms with Gasteiger partial charge < -0.3 is 45.2 Å². The van der Waals surface area contributed by atoms with Crippen LogP contribution < -0.4 is 36.1 Å². The number of allylic oxidation sites excluding steroid dienone is 1. The monoisotopic (exact) mass is 753 g/mol. The first-order valence-corrected chi connectivity index (χ1v) is 10.5. The van der Waals surface area contributed by atoms with Gasteiger partial charge in [-0.2, -0.15) is 31.6 Å². The van der Waals surface area contributed by atoms with E-state index >= 15 is 0 Å². The van der Waals surface area contributed by atoms with E-state index in [4.69, 9.17) is 31.2 Å². The first kappa shape index (κ1) is 54.8. The van der Waals surface area contributed by atoms with E-state index in [-0.39, 0.29) is 50.5 Å². The largest absolute Gasteiger partial charge is 2.00 e. The molecule has 0 amide bonds. The van der Waals surface area contributed by atoms with E-state index in [2.05, 4.69) is 30.5 Å². The van der Waals surface area contributed by atoms with Crippen LogP contribution in [0.2, 0.25) is 0 Å². The molecule has 0 radical (unpaired) electrons. The molecular weight excluding hydrogens is 719 g/mol. The molecule has 0 aromatic rings. The minimum atomic E-state index is -6.09. The van der Waals surface area contributed by atoms with Crippen LogP contribution in [0.15, 0.2) is 12.2 Å². The summed E-state index contributed by atoms with van der Waals surface area (Å²) in [5, 5.41) is 11.9. The molecule has 0 spiro atoms. The standard InChI is InChI=1S/C11H18N2.2CHF3O3S.5H3N.Os/c1-2-13-11-7-5-10(6-8-11)4-3-9-12;2*2-1(3,4)8(5,6)7;;;;;;/h5,7,10-11,13H,2-4,6,8H2,1H3;2*(H,5,6,7);5*1H3;/q;;;;;;;;+2/p-2/t10-,11-;;;;;;;;/m0......../s1. The van der Waals surface area contributed by atoms with Gasteiger partial charge in [-0.05, 0) is 31.7 Å². The number of rotatable bonds is 4. The zero-order chi connectivity index (χ0) is 23.5. The molecular formula is C13H33F6N7O6OsS2. The van der Waals surface area contributed by atoms with Gasteiger partial charge in [-0.15, -0.1) is 0 Å². The molecule has 0 saturated carbocycles. The van der Waals surface area contributed by atoms with Crippen molar-refractivity contribution in [1.82, 2.24) is 36.1 Å². The SMILES string of the molecule is CCN[C@H]1C=C[C@H](CCC#N)CC1.N.N.N.N.N.O=S(=O)([O-])C(F)(F)F.O=S(=O)([O-])C(F)(F)F.[Os+2]. The van der Waals surface area contributed by atoms with Crippen LogP contribution in [-0.4, -0.2) is 49.5 Å². The van der Waals surface area contributed by atoms with E-state index in [0.29, 0.717) is 18.4 Å². The molecule has 16 N–H and O–H groups in total. The van der Waals surface area contributed by atoms with Crippen molar-refractivity contribution in [3.63, 3.8) is 0 Å². The number of nitrogens with one attached hydrogen (secondary N) is 1. The number of nitrogens with zero attached hydrogens (tertiary/aromatic N) is 1. The van der Waals surface area contributed by atoms with Gasteiger partial charge in [0, 0.05) is 12.5 Å². The van der Waals surface area contributed by atoms with Crippen molar-refractivity contribution in [3.8, 4) is 6.07 Å². The molecule has 0 aromatic heterocycles. The fraction of sp³-hybridized carbons (Fsp3) is 0.769. The Morgan fingerprint density at radius 2 is 1.23 bits per heavy atom. The molecule has 0 fully saturated rings. The molecule has 1 aliphatic carbocycles. The Labute approximate surface area is 213 Å². The minimum Gasteiger partial charge on any atom is -0.741 e. The summed E-state index contributed by atoms with van der Waals surface area (Å²) in [6.45, 7) is 3.17. The molecule has 1 rings (SSSR count). The minimum absolute atomic E-state index is 0. The Bertz CT molecular complexity index is 735. The van der Waals surface area contributed by atoms with Crippen LogP contribution in [0.1, 0.15) is 32.6 Å². The summed E-state index contributed by atoms with van der Waals surface area (Å²) < 4.78 is 118. The molecule has 0 saturated heterocycles. The molecule has 0 heterocycles. The normalized spacial score (nSPS) is 16.5. The fourth-order valence-electron chi connectivity index (χ4n) is 1.80. The van der Waals surface area contributed by atoms with Gasteiger partial charge in [-0.25, -0.2) is 16.8 Å². The maximum absolute atomic E-state index is 10.7. The van der Waals surface area contributed by atoms with Gasteiger partial charge in [0.15, 0.2) is 20.2 Å². The van der Waals surface area contributed by atoms with Gasteiger partial charge in [0.1, 0.15) is 0 Å². The predicted molar refractivity (Wildman–Crippen MR) is 111 cm³/mol. The average Bonchev–Trinajstić information content (AvgIpc) is 2.52. The van der Waals surface area contributed by atoms with Crippen molar-refractivity contribution in [3.05, 3.63) is 12.2 Å². The summed E-state index contributed by atoms with van der Waals surface area (Å²) in [7, 11) is -12.2. The fourth-order valence-corrected chi connectivity index (χ4v) is 1.80. The molecule has 35 heavy (non-hydrogen) atoms. The molecule has 218 valence electrons. The second-order valence-electron chi connectivity index (χ2n) is 5.38. The topological polar surface area (TPSA) is 325 Å². The van der Waals surface area contributed by atoms with Crippen LogP contribution in [-0.2, 0) is 40.0 Å². The van der Waals surface area contributed by atoms with Crippen molar-refractivity contribution < 1.29 is 72.1 Å². The summed E-state index contributed by atoms with van der Waals surface area (Å²) in [4.78, 5) is 0. The number of halogens is 6. The number of alkyl halides is 6. The number of nitriles is 1. The van der Waals surface area contributed by atoms with Gasteiger partial charge in [0.2, 0.25) is 0 Å². The van der Waals surface area contributed by atoms with Crippen LogP contribution in [0.5, 0.6) is 0 Å². The maximum atomic E-state index is 10.7. The zero-order valence-corrected chi connectivity index (χ0v) is 22.9. The third-order valence-electron chi connectivity index (χ3n) is 3.12. The summed E-state index contributed by atoms with van der Waals surface area (Å²) in [6.07, 6.45) is 8.71. The number of likely N-dealkylation sites (N-methyl/N-ethyl adjacent to an activating group) is 1. The van der Waals surface area contributed by atoms with Crippen molar-refractivity contribution in [2.45, 2.75) is 49.7 Å². The smallest absolute Gasteiger partial charge is 0.741 e. The van der Waals surface area contributed by atoms with E-state index in [0.717, 1.165) is 13.0 Å². The van der Waals surface area contributed by atoms with Crippen LogP contribution >= 0.6 is 0 Å². The van der Waals surface area contributed by atoms with Crippen molar-refractivity contribution in [2.24, 2.45) is 5.92 Å².